The summed E-state index contributed by atoms with van der Waals surface area (Å²) < 4.78 is 12.2. The number of aromatic nitrogens is 3. The Kier molecular flexibility index (Phi) is 6.89. The number of rotatable bonds is 8. The Bertz CT molecular complexity index is 998. The van der Waals surface area contributed by atoms with Crippen molar-refractivity contribution in [3.05, 3.63) is 52.7 Å². The van der Waals surface area contributed by atoms with Crippen LogP contribution in [0.25, 0.3) is 0 Å². The van der Waals surface area contributed by atoms with Gasteiger partial charge in [-0.3, -0.25) is 4.79 Å². The van der Waals surface area contributed by atoms with Gasteiger partial charge in [-0.15, -0.1) is 21.5 Å². The molecule has 0 fully saturated rings. The van der Waals surface area contributed by atoms with Gasteiger partial charge in [0.25, 0.3) is 0 Å². The number of nitrogens with zero attached hydrogens (tertiary/aromatic N) is 3. The first kappa shape index (κ1) is 20.9. The van der Waals surface area contributed by atoms with Crippen LogP contribution in [0.2, 0.25) is 0 Å². The highest BCUT2D eigenvalue weighted by Gasteiger charge is 2.17. The van der Waals surface area contributed by atoms with Gasteiger partial charge in [-0.05, 0) is 30.5 Å². The van der Waals surface area contributed by atoms with Crippen molar-refractivity contribution in [1.29, 1.82) is 0 Å². The van der Waals surface area contributed by atoms with Gasteiger partial charge >= 0.3 is 5.97 Å². The molecule has 0 aliphatic carbocycles. The molecule has 3 rings (SSSR count). The van der Waals surface area contributed by atoms with Crippen molar-refractivity contribution < 1.29 is 19.1 Å². The van der Waals surface area contributed by atoms with Gasteiger partial charge in [0.1, 0.15) is 17.4 Å². The van der Waals surface area contributed by atoms with Gasteiger partial charge in [-0.25, -0.2) is 4.79 Å². The standard InChI is InChI=1S/C19H20N4O4S2/c1-12-4-6-13(7-5-12)27-10-15-21-22-19(23(15)2)29-11-16(24)20-17-14(8-9-28-17)18(25)26-3/h4-9H,10-11H2,1-3H3,(H,20,24). The number of hydrogen-bond donors (Lipinski definition) is 1. The van der Waals surface area contributed by atoms with E-state index in [-0.39, 0.29) is 18.3 Å². The van der Waals surface area contributed by atoms with Gasteiger partial charge < -0.3 is 19.4 Å². The van der Waals surface area contributed by atoms with E-state index >= 15 is 0 Å². The summed E-state index contributed by atoms with van der Waals surface area (Å²) >= 11 is 2.52. The van der Waals surface area contributed by atoms with E-state index in [9.17, 15) is 9.59 Å². The highest BCUT2D eigenvalue weighted by molar-refractivity contribution is 7.99. The van der Waals surface area contributed by atoms with E-state index in [1.54, 1.807) is 16.0 Å². The molecular weight excluding hydrogens is 412 g/mol. The monoisotopic (exact) mass is 432 g/mol. The zero-order valence-electron chi connectivity index (χ0n) is 16.2. The fourth-order valence-electron chi connectivity index (χ4n) is 2.35. The summed E-state index contributed by atoms with van der Waals surface area (Å²) in [6.45, 7) is 2.29. The summed E-state index contributed by atoms with van der Waals surface area (Å²) in [5.41, 5.74) is 1.50. The maximum Gasteiger partial charge on any atom is 0.340 e. The first-order valence-corrected chi connectivity index (χ1v) is 10.5. The van der Waals surface area contributed by atoms with E-state index in [2.05, 4.69) is 15.5 Å². The maximum atomic E-state index is 12.2. The SMILES string of the molecule is COC(=O)c1ccsc1NC(=O)CSc1nnc(COc2ccc(C)cc2)n1C. The summed E-state index contributed by atoms with van der Waals surface area (Å²) in [5, 5.41) is 13.8. The summed E-state index contributed by atoms with van der Waals surface area (Å²) in [6, 6.07) is 9.37. The van der Waals surface area contributed by atoms with Gasteiger partial charge in [0.2, 0.25) is 5.91 Å². The highest BCUT2D eigenvalue weighted by atomic mass is 32.2. The molecule has 0 saturated carbocycles. The first-order chi connectivity index (χ1) is 14.0. The van der Waals surface area contributed by atoms with E-state index < -0.39 is 5.97 Å². The molecule has 2 heterocycles. The molecule has 8 nitrogen and oxygen atoms in total. The largest absolute Gasteiger partial charge is 0.486 e. The molecule has 3 aromatic rings. The van der Waals surface area contributed by atoms with Crippen LogP contribution in [-0.4, -0.2) is 39.5 Å². The second-order valence-electron chi connectivity index (χ2n) is 6.05. The lowest BCUT2D eigenvalue weighted by atomic mass is 10.2. The summed E-state index contributed by atoms with van der Waals surface area (Å²) in [4.78, 5) is 23.9. The molecule has 0 spiro atoms. The van der Waals surface area contributed by atoms with E-state index in [1.807, 2.05) is 38.2 Å². The molecule has 0 bridgehead atoms. The number of hydrogen-bond acceptors (Lipinski definition) is 8. The lowest BCUT2D eigenvalue weighted by Gasteiger charge is -2.07. The average molecular weight is 433 g/mol. The fraction of sp³-hybridized carbons (Fsp3) is 0.263. The topological polar surface area (TPSA) is 95.3 Å². The maximum absolute atomic E-state index is 12.2. The number of methoxy groups -OCH3 is 1. The minimum Gasteiger partial charge on any atom is -0.486 e. The molecule has 2 aromatic heterocycles. The predicted octanol–water partition coefficient (Wildman–Crippen LogP) is 3.28. The molecule has 0 radical (unpaired) electrons. The minimum absolute atomic E-state index is 0.128. The van der Waals surface area contributed by atoms with Crippen LogP contribution in [0.4, 0.5) is 5.00 Å². The molecule has 0 aliphatic rings. The Morgan fingerprint density at radius 1 is 1.21 bits per heavy atom. The Labute approximate surface area is 176 Å². The van der Waals surface area contributed by atoms with Gasteiger partial charge in [-0.1, -0.05) is 29.5 Å². The van der Waals surface area contributed by atoms with Gasteiger partial charge in [-0.2, -0.15) is 0 Å². The predicted molar refractivity (Wildman–Crippen MR) is 112 cm³/mol. The van der Waals surface area contributed by atoms with Crippen molar-refractivity contribution in [2.75, 3.05) is 18.2 Å². The van der Waals surface area contributed by atoms with Crippen LogP contribution in [-0.2, 0) is 23.2 Å². The fourth-order valence-corrected chi connectivity index (χ4v) is 3.87. The number of aryl methyl sites for hydroxylation is 1. The summed E-state index contributed by atoms with van der Waals surface area (Å²) in [7, 11) is 3.12. The van der Waals surface area contributed by atoms with E-state index in [1.165, 1.54) is 30.2 Å². The molecule has 152 valence electrons. The molecule has 0 aliphatic heterocycles. The van der Waals surface area contributed by atoms with Crippen LogP contribution >= 0.6 is 23.1 Å². The Morgan fingerprint density at radius 2 is 1.97 bits per heavy atom. The molecule has 1 aromatic carbocycles. The average Bonchev–Trinajstić information content (AvgIpc) is 3.32. The molecular formula is C19H20N4O4S2. The molecule has 1 N–H and O–H groups in total. The van der Waals surface area contributed by atoms with Crippen molar-refractivity contribution in [1.82, 2.24) is 14.8 Å². The number of esters is 1. The number of anilines is 1. The van der Waals surface area contributed by atoms with Crippen molar-refractivity contribution in [2.24, 2.45) is 7.05 Å². The zero-order valence-corrected chi connectivity index (χ0v) is 17.8. The Hall–Kier alpha value is -2.85. The molecule has 1 amide bonds. The van der Waals surface area contributed by atoms with Crippen LogP contribution in [0.3, 0.4) is 0 Å². The summed E-state index contributed by atoms with van der Waals surface area (Å²) in [6.07, 6.45) is 0. The van der Waals surface area contributed by atoms with Gasteiger partial charge in [0, 0.05) is 7.05 Å². The minimum atomic E-state index is -0.485. The van der Waals surface area contributed by atoms with Crippen molar-refractivity contribution in [3.8, 4) is 5.75 Å². The molecule has 0 unspecified atom stereocenters. The number of amides is 1. The highest BCUT2D eigenvalue weighted by Crippen LogP contribution is 2.25. The third-order valence-electron chi connectivity index (χ3n) is 3.97. The van der Waals surface area contributed by atoms with Crippen LogP contribution in [0, 0.1) is 6.92 Å². The molecule has 10 heteroatoms. The lowest BCUT2D eigenvalue weighted by Crippen LogP contribution is -2.16. The van der Waals surface area contributed by atoms with Crippen molar-refractivity contribution >= 4 is 40.0 Å². The molecule has 0 atom stereocenters. The van der Waals surface area contributed by atoms with Gasteiger partial charge in [0.15, 0.2) is 11.0 Å². The number of nitrogens with one attached hydrogen (secondary N) is 1. The van der Waals surface area contributed by atoms with Gasteiger partial charge in [0.05, 0.1) is 18.4 Å². The van der Waals surface area contributed by atoms with Crippen molar-refractivity contribution in [3.63, 3.8) is 0 Å². The van der Waals surface area contributed by atoms with Crippen LogP contribution in [0.15, 0.2) is 40.9 Å². The number of thiophene rings is 1. The van der Waals surface area contributed by atoms with E-state index in [4.69, 9.17) is 9.47 Å². The Balaban J connectivity index is 1.53. The smallest absolute Gasteiger partial charge is 0.340 e. The molecule has 29 heavy (non-hydrogen) atoms. The number of carbonyl (C=O) groups excluding carboxylic acids is 2. The lowest BCUT2D eigenvalue weighted by molar-refractivity contribution is -0.113. The van der Waals surface area contributed by atoms with Crippen LogP contribution < -0.4 is 10.1 Å². The van der Waals surface area contributed by atoms with Crippen LogP contribution in [0.1, 0.15) is 21.7 Å². The third kappa shape index (κ3) is 5.36. The third-order valence-corrected chi connectivity index (χ3v) is 5.82. The van der Waals surface area contributed by atoms with E-state index in [0.717, 1.165) is 11.3 Å². The summed E-state index contributed by atoms with van der Waals surface area (Å²) in [5.74, 6) is 0.802. The van der Waals surface area contributed by atoms with Crippen molar-refractivity contribution in [2.45, 2.75) is 18.7 Å². The first-order valence-electron chi connectivity index (χ1n) is 8.64. The normalized spacial score (nSPS) is 10.6. The number of thioether (sulfide) groups is 1. The second-order valence-corrected chi connectivity index (χ2v) is 7.91. The second kappa shape index (κ2) is 9.57. The van der Waals surface area contributed by atoms with Crippen LogP contribution in [0.5, 0.6) is 5.75 Å². The Morgan fingerprint density at radius 3 is 2.69 bits per heavy atom. The number of carbonyl (C=O) groups is 2. The quantitative estimate of drug-likeness (QED) is 0.431. The number of ether oxygens (including phenoxy) is 2. The number of benzene rings is 1. The molecule has 0 saturated heterocycles. The zero-order chi connectivity index (χ0) is 20.8. The van der Waals surface area contributed by atoms with E-state index in [0.29, 0.717) is 21.5 Å².